The number of rotatable bonds is 2. The molecule has 0 saturated heterocycles. The first-order valence-electron chi connectivity index (χ1n) is 5.43. The predicted octanol–water partition coefficient (Wildman–Crippen LogP) is 2.81. The first-order valence-corrected chi connectivity index (χ1v) is 5.87. The number of halogens is 1. The van der Waals surface area contributed by atoms with Crippen LogP contribution in [0.3, 0.4) is 0 Å². The average molecular weight is 234 g/mol. The third kappa shape index (κ3) is 1.71. The molecule has 1 N–H and O–H groups in total. The van der Waals surface area contributed by atoms with Gasteiger partial charge in [0, 0.05) is 16.8 Å². The third-order valence-electron chi connectivity index (χ3n) is 2.96. The van der Waals surface area contributed by atoms with Crippen LogP contribution >= 0.6 is 11.6 Å². The Hall–Kier alpha value is -1.35. The van der Waals surface area contributed by atoms with Crippen LogP contribution in [0.5, 0.6) is 0 Å². The molecule has 1 fully saturated rings. The highest BCUT2D eigenvalue weighted by atomic mass is 35.5. The number of hydrogen-bond acceptors (Lipinski definition) is 3. The number of anilines is 1. The first-order chi connectivity index (χ1) is 7.83. The minimum absolute atomic E-state index is 0.325. The monoisotopic (exact) mass is 233 g/mol. The lowest BCUT2D eigenvalue weighted by Gasteiger charge is -2.32. The lowest BCUT2D eigenvalue weighted by Crippen LogP contribution is -2.36. The van der Waals surface area contributed by atoms with Gasteiger partial charge in [0.2, 0.25) is 0 Å². The van der Waals surface area contributed by atoms with E-state index in [2.05, 4.69) is 15.3 Å². The van der Waals surface area contributed by atoms with Crippen LogP contribution in [0.15, 0.2) is 30.6 Å². The maximum atomic E-state index is 5.96. The van der Waals surface area contributed by atoms with Gasteiger partial charge in [-0.1, -0.05) is 12.1 Å². The second-order valence-electron chi connectivity index (χ2n) is 4.15. The summed E-state index contributed by atoms with van der Waals surface area (Å²) in [5.41, 5.74) is 0.974. The topological polar surface area (TPSA) is 37.8 Å². The Labute approximate surface area is 98.9 Å². The van der Waals surface area contributed by atoms with Crippen molar-refractivity contribution in [3.05, 3.63) is 30.6 Å². The Bertz CT molecular complexity index is 503. The summed E-state index contributed by atoms with van der Waals surface area (Å²) in [6, 6.07) is 8.47. The maximum absolute atomic E-state index is 5.96. The van der Waals surface area contributed by atoms with Gasteiger partial charge >= 0.3 is 0 Å². The molecule has 1 aromatic carbocycles. The summed E-state index contributed by atoms with van der Waals surface area (Å²) in [6.45, 7) is 0. The number of hydrogen-bond donors (Lipinski definition) is 1. The highest BCUT2D eigenvalue weighted by molar-refractivity contribution is 6.21. The molecule has 1 heterocycles. The van der Waals surface area contributed by atoms with Gasteiger partial charge in [-0.25, -0.2) is 9.97 Å². The standard InChI is InChI=1S/C12H12ClN3/c13-8-5-9(6-8)16-12-10-3-1-2-4-11(10)14-7-15-12/h1-4,7-9H,5-6H2,(H,14,15,16). The highest BCUT2D eigenvalue weighted by Crippen LogP contribution is 2.29. The molecule has 2 aromatic rings. The summed E-state index contributed by atoms with van der Waals surface area (Å²) in [5, 5.41) is 4.81. The summed E-state index contributed by atoms with van der Waals surface area (Å²) in [6.07, 6.45) is 3.63. The Morgan fingerprint density at radius 3 is 2.81 bits per heavy atom. The van der Waals surface area contributed by atoms with E-state index < -0.39 is 0 Å². The second kappa shape index (κ2) is 3.91. The van der Waals surface area contributed by atoms with Crippen molar-refractivity contribution in [2.45, 2.75) is 24.3 Å². The summed E-state index contributed by atoms with van der Waals surface area (Å²) in [5.74, 6) is 0.916. The van der Waals surface area contributed by atoms with Crippen LogP contribution < -0.4 is 5.32 Å². The van der Waals surface area contributed by atoms with E-state index in [4.69, 9.17) is 11.6 Å². The van der Waals surface area contributed by atoms with Crippen LogP contribution in [-0.2, 0) is 0 Å². The van der Waals surface area contributed by atoms with Gasteiger partial charge in [-0.3, -0.25) is 0 Å². The van der Waals surface area contributed by atoms with Crippen molar-refractivity contribution in [1.29, 1.82) is 0 Å². The van der Waals surface area contributed by atoms with Crippen molar-refractivity contribution >= 4 is 28.3 Å². The SMILES string of the molecule is ClC1CC(Nc2ncnc3ccccc23)C1. The zero-order valence-corrected chi connectivity index (χ0v) is 9.48. The molecule has 0 amide bonds. The molecule has 82 valence electrons. The molecule has 1 aliphatic rings. The van der Waals surface area contributed by atoms with E-state index in [1.807, 2.05) is 24.3 Å². The normalized spacial score (nSPS) is 24.1. The molecule has 4 heteroatoms. The molecule has 1 saturated carbocycles. The second-order valence-corrected chi connectivity index (χ2v) is 4.77. The summed E-state index contributed by atoms with van der Waals surface area (Å²) >= 11 is 5.96. The summed E-state index contributed by atoms with van der Waals surface area (Å²) in [7, 11) is 0. The molecule has 0 unspecified atom stereocenters. The Morgan fingerprint density at radius 1 is 1.19 bits per heavy atom. The zero-order valence-electron chi connectivity index (χ0n) is 8.73. The third-order valence-corrected chi connectivity index (χ3v) is 3.32. The minimum atomic E-state index is 0.325. The summed E-state index contributed by atoms with van der Waals surface area (Å²) in [4.78, 5) is 8.52. The number of benzene rings is 1. The van der Waals surface area contributed by atoms with Crippen LogP contribution in [0.25, 0.3) is 10.9 Å². The molecule has 1 aromatic heterocycles. The molecule has 3 nitrogen and oxygen atoms in total. The number of aromatic nitrogens is 2. The number of para-hydroxylation sites is 1. The number of alkyl halides is 1. The van der Waals surface area contributed by atoms with Gasteiger partial charge in [0.25, 0.3) is 0 Å². The molecule has 0 aliphatic heterocycles. The van der Waals surface area contributed by atoms with Gasteiger partial charge in [-0.2, -0.15) is 0 Å². The van der Waals surface area contributed by atoms with Crippen LogP contribution in [0.2, 0.25) is 0 Å². The zero-order chi connectivity index (χ0) is 11.0. The molecule has 16 heavy (non-hydrogen) atoms. The Morgan fingerprint density at radius 2 is 2.00 bits per heavy atom. The molecular formula is C12H12ClN3. The number of fused-ring (bicyclic) bond motifs is 1. The minimum Gasteiger partial charge on any atom is -0.367 e. The van der Waals surface area contributed by atoms with E-state index in [0.29, 0.717) is 11.4 Å². The highest BCUT2D eigenvalue weighted by Gasteiger charge is 2.27. The van der Waals surface area contributed by atoms with Gasteiger partial charge in [0.15, 0.2) is 0 Å². The van der Waals surface area contributed by atoms with Crippen molar-refractivity contribution in [3.8, 4) is 0 Å². The maximum Gasteiger partial charge on any atom is 0.137 e. The van der Waals surface area contributed by atoms with E-state index in [-0.39, 0.29) is 0 Å². The van der Waals surface area contributed by atoms with Gasteiger partial charge in [0.05, 0.1) is 5.52 Å². The molecule has 0 spiro atoms. The predicted molar refractivity (Wildman–Crippen MR) is 65.8 cm³/mol. The Kier molecular flexibility index (Phi) is 2.40. The van der Waals surface area contributed by atoms with Crippen molar-refractivity contribution in [3.63, 3.8) is 0 Å². The van der Waals surface area contributed by atoms with Gasteiger partial charge < -0.3 is 5.32 Å². The fourth-order valence-corrected chi connectivity index (χ4v) is 2.41. The fraction of sp³-hybridized carbons (Fsp3) is 0.333. The molecule has 0 bridgehead atoms. The molecule has 0 radical (unpaired) electrons. The van der Waals surface area contributed by atoms with Crippen LogP contribution in [-0.4, -0.2) is 21.4 Å². The average Bonchev–Trinajstić information content (AvgIpc) is 2.27. The number of nitrogens with zero attached hydrogens (tertiary/aromatic N) is 2. The van der Waals surface area contributed by atoms with E-state index in [9.17, 15) is 0 Å². The fourth-order valence-electron chi connectivity index (χ4n) is 1.98. The lowest BCUT2D eigenvalue weighted by molar-refractivity contribution is 0.454. The van der Waals surface area contributed by atoms with Crippen molar-refractivity contribution in [2.75, 3.05) is 5.32 Å². The van der Waals surface area contributed by atoms with E-state index in [1.165, 1.54) is 0 Å². The summed E-state index contributed by atoms with van der Waals surface area (Å²) < 4.78 is 0. The van der Waals surface area contributed by atoms with Crippen molar-refractivity contribution < 1.29 is 0 Å². The first kappa shape index (κ1) is 9.85. The van der Waals surface area contributed by atoms with Gasteiger partial charge in [-0.15, -0.1) is 11.6 Å². The van der Waals surface area contributed by atoms with E-state index >= 15 is 0 Å². The quantitative estimate of drug-likeness (QED) is 0.811. The number of nitrogens with one attached hydrogen (secondary N) is 1. The van der Waals surface area contributed by atoms with Gasteiger partial charge in [-0.05, 0) is 25.0 Å². The van der Waals surface area contributed by atoms with Crippen LogP contribution in [0.1, 0.15) is 12.8 Å². The molecule has 3 rings (SSSR count). The molecule has 0 atom stereocenters. The van der Waals surface area contributed by atoms with Gasteiger partial charge in [0.1, 0.15) is 12.1 Å². The van der Waals surface area contributed by atoms with Crippen LogP contribution in [0, 0.1) is 0 Å². The smallest absolute Gasteiger partial charge is 0.137 e. The largest absolute Gasteiger partial charge is 0.367 e. The van der Waals surface area contributed by atoms with E-state index in [1.54, 1.807) is 6.33 Å². The van der Waals surface area contributed by atoms with E-state index in [0.717, 1.165) is 29.6 Å². The van der Waals surface area contributed by atoms with Crippen molar-refractivity contribution in [2.24, 2.45) is 0 Å². The molecular weight excluding hydrogens is 222 g/mol. The Balaban J connectivity index is 1.91. The van der Waals surface area contributed by atoms with Crippen molar-refractivity contribution in [1.82, 2.24) is 9.97 Å². The van der Waals surface area contributed by atoms with Crippen LogP contribution in [0.4, 0.5) is 5.82 Å². The molecule has 1 aliphatic carbocycles. The lowest BCUT2D eigenvalue weighted by atomic mass is 9.92.